The second-order valence-electron chi connectivity index (χ2n) is 4.98. The topological polar surface area (TPSA) is 72.6 Å². The molecular weight excluding hydrogens is 244 g/mol. The molecule has 1 heterocycles. The zero-order chi connectivity index (χ0) is 13.4. The molecule has 1 aliphatic carbocycles. The molecule has 5 nitrogen and oxygen atoms in total. The number of imide groups is 1. The highest BCUT2D eigenvalue weighted by Crippen LogP contribution is 2.46. The molecule has 2 atom stereocenters. The number of fused-ring (bicyclic) bond motifs is 1. The van der Waals surface area contributed by atoms with Crippen LogP contribution in [0.4, 0.5) is 0 Å². The highest BCUT2D eigenvalue weighted by atomic mass is 16.5. The lowest BCUT2D eigenvalue weighted by molar-refractivity contribution is -0.141. The van der Waals surface area contributed by atoms with E-state index in [2.05, 4.69) is 0 Å². The van der Waals surface area contributed by atoms with Crippen LogP contribution < -0.4 is 10.5 Å². The maximum atomic E-state index is 11.7. The molecule has 0 bridgehead atoms. The summed E-state index contributed by atoms with van der Waals surface area (Å²) in [5.41, 5.74) is 6.54. The SMILES string of the molecule is NCc1cccc(OCCN2C(=O)C3CC3C2=O)c1. The van der Waals surface area contributed by atoms with E-state index in [1.54, 1.807) is 0 Å². The number of nitrogens with zero attached hydrogens (tertiary/aromatic N) is 1. The number of likely N-dealkylation sites (tertiary alicyclic amines) is 1. The first-order valence-electron chi connectivity index (χ1n) is 6.47. The van der Waals surface area contributed by atoms with E-state index < -0.39 is 0 Å². The minimum atomic E-state index is -0.0342. The number of hydrogen-bond acceptors (Lipinski definition) is 4. The van der Waals surface area contributed by atoms with Crippen molar-refractivity contribution < 1.29 is 14.3 Å². The summed E-state index contributed by atoms with van der Waals surface area (Å²) in [6, 6.07) is 7.50. The summed E-state index contributed by atoms with van der Waals surface area (Å²) in [5, 5.41) is 0. The van der Waals surface area contributed by atoms with Crippen molar-refractivity contribution in [1.29, 1.82) is 0 Å². The van der Waals surface area contributed by atoms with E-state index in [0.717, 1.165) is 12.0 Å². The maximum absolute atomic E-state index is 11.7. The standard InChI is InChI=1S/C14H16N2O3/c15-8-9-2-1-3-10(6-9)19-5-4-16-13(17)11-7-12(11)14(16)18/h1-3,6,11-12H,4-5,7-8,15H2. The Bertz CT molecular complexity index is 509. The van der Waals surface area contributed by atoms with Gasteiger partial charge in [-0.1, -0.05) is 12.1 Å². The van der Waals surface area contributed by atoms with Crippen LogP contribution in [-0.4, -0.2) is 29.9 Å². The van der Waals surface area contributed by atoms with Crippen LogP contribution >= 0.6 is 0 Å². The summed E-state index contributed by atoms with van der Waals surface area (Å²) in [5.74, 6) is 0.581. The number of carbonyl (C=O) groups is 2. The Morgan fingerprint density at radius 2 is 2.00 bits per heavy atom. The van der Waals surface area contributed by atoms with E-state index in [-0.39, 0.29) is 23.7 Å². The van der Waals surface area contributed by atoms with E-state index in [9.17, 15) is 9.59 Å². The van der Waals surface area contributed by atoms with Gasteiger partial charge in [0.15, 0.2) is 0 Å². The molecule has 2 amide bonds. The molecule has 2 aliphatic rings. The van der Waals surface area contributed by atoms with Crippen LogP contribution in [0.1, 0.15) is 12.0 Å². The fraction of sp³-hybridized carbons (Fsp3) is 0.429. The molecule has 0 spiro atoms. The van der Waals surface area contributed by atoms with Gasteiger partial charge in [0, 0.05) is 6.54 Å². The zero-order valence-electron chi connectivity index (χ0n) is 10.5. The number of amides is 2. The summed E-state index contributed by atoms with van der Waals surface area (Å²) in [7, 11) is 0. The first kappa shape index (κ1) is 12.2. The number of hydrogen-bond donors (Lipinski definition) is 1. The van der Waals surface area contributed by atoms with Crippen LogP contribution in [0.2, 0.25) is 0 Å². The highest BCUT2D eigenvalue weighted by molar-refractivity contribution is 6.08. The average molecular weight is 260 g/mol. The molecule has 0 radical (unpaired) electrons. The Kier molecular flexibility index (Phi) is 2.98. The van der Waals surface area contributed by atoms with E-state index in [4.69, 9.17) is 10.5 Å². The van der Waals surface area contributed by atoms with Gasteiger partial charge in [0.25, 0.3) is 0 Å². The van der Waals surface area contributed by atoms with Gasteiger partial charge in [0.2, 0.25) is 11.8 Å². The minimum Gasteiger partial charge on any atom is -0.492 e. The van der Waals surface area contributed by atoms with Gasteiger partial charge in [-0.2, -0.15) is 0 Å². The summed E-state index contributed by atoms with van der Waals surface area (Å²) >= 11 is 0. The molecule has 1 saturated carbocycles. The number of piperidine rings is 1. The molecular formula is C14H16N2O3. The predicted molar refractivity (Wildman–Crippen MR) is 68.1 cm³/mol. The Morgan fingerprint density at radius 1 is 1.26 bits per heavy atom. The number of benzene rings is 1. The van der Waals surface area contributed by atoms with Crippen molar-refractivity contribution in [2.24, 2.45) is 17.6 Å². The molecule has 19 heavy (non-hydrogen) atoms. The summed E-state index contributed by atoms with van der Waals surface area (Å²) in [6.07, 6.45) is 0.744. The molecule has 1 aromatic rings. The largest absolute Gasteiger partial charge is 0.492 e. The van der Waals surface area contributed by atoms with Crippen LogP contribution in [0.15, 0.2) is 24.3 Å². The Hall–Kier alpha value is -1.88. The van der Waals surface area contributed by atoms with Crippen LogP contribution in [0.3, 0.4) is 0 Å². The zero-order valence-corrected chi connectivity index (χ0v) is 10.5. The number of rotatable bonds is 5. The van der Waals surface area contributed by atoms with Gasteiger partial charge in [0.05, 0.1) is 18.4 Å². The van der Waals surface area contributed by atoms with Crippen molar-refractivity contribution in [1.82, 2.24) is 4.90 Å². The van der Waals surface area contributed by atoms with Gasteiger partial charge < -0.3 is 10.5 Å². The molecule has 0 aromatic heterocycles. The first-order valence-corrected chi connectivity index (χ1v) is 6.47. The molecule has 1 aromatic carbocycles. The summed E-state index contributed by atoms with van der Waals surface area (Å²) in [6.45, 7) is 1.12. The molecule has 2 N–H and O–H groups in total. The molecule has 2 unspecified atom stereocenters. The quantitative estimate of drug-likeness (QED) is 0.784. The van der Waals surface area contributed by atoms with Gasteiger partial charge in [-0.05, 0) is 24.1 Å². The number of nitrogens with two attached hydrogens (primary N) is 1. The van der Waals surface area contributed by atoms with E-state index in [0.29, 0.717) is 25.4 Å². The third kappa shape index (κ3) is 2.21. The normalized spacial score (nSPS) is 24.6. The van der Waals surface area contributed by atoms with Crippen molar-refractivity contribution in [2.45, 2.75) is 13.0 Å². The van der Waals surface area contributed by atoms with E-state index in [1.807, 2.05) is 24.3 Å². The van der Waals surface area contributed by atoms with Crippen LogP contribution in [0.25, 0.3) is 0 Å². The minimum absolute atomic E-state index is 0.0330. The summed E-state index contributed by atoms with van der Waals surface area (Å²) < 4.78 is 5.56. The summed E-state index contributed by atoms with van der Waals surface area (Å²) in [4.78, 5) is 24.8. The monoisotopic (exact) mass is 260 g/mol. The van der Waals surface area contributed by atoms with Gasteiger partial charge in [-0.25, -0.2) is 0 Å². The fourth-order valence-corrected chi connectivity index (χ4v) is 2.49. The maximum Gasteiger partial charge on any atom is 0.233 e. The Balaban J connectivity index is 1.53. The average Bonchev–Trinajstić information content (AvgIpc) is 3.18. The molecule has 3 rings (SSSR count). The van der Waals surface area contributed by atoms with Gasteiger partial charge in [-0.3, -0.25) is 14.5 Å². The van der Waals surface area contributed by atoms with Crippen molar-refractivity contribution in [3.8, 4) is 5.75 Å². The molecule has 1 saturated heterocycles. The van der Waals surface area contributed by atoms with Crippen molar-refractivity contribution in [3.63, 3.8) is 0 Å². The lowest BCUT2D eigenvalue weighted by atomic mass is 10.2. The molecule has 5 heteroatoms. The second kappa shape index (κ2) is 4.66. The fourth-order valence-electron chi connectivity index (χ4n) is 2.49. The van der Waals surface area contributed by atoms with E-state index >= 15 is 0 Å². The number of ether oxygens (including phenoxy) is 1. The van der Waals surface area contributed by atoms with Crippen LogP contribution in [-0.2, 0) is 16.1 Å². The Morgan fingerprint density at radius 3 is 2.68 bits per heavy atom. The van der Waals surface area contributed by atoms with Crippen molar-refractivity contribution in [2.75, 3.05) is 13.2 Å². The van der Waals surface area contributed by atoms with Crippen LogP contribution in [0.5, 0.6) is 5.75 Å². The lowest BCUT2D eigenvalue weighted by Gasteiger charge is -2.16. The molecule has 2 fully saturated rings. The Labute approximate surface area is 111 Å². The van der Waals surface area contributed by atoms with Crippen LogP contribution in [0, 0.1) is 11.8 Å². The molecule has 100 valence electrons. The van der Waals surface area contributed by atoms with Gasteiger partial charge in [-0.15, -0.1) is 0 Å². The second-order valence-corrected chi connectivity index (χ2v) is 4.98. The number of carbonyl (C=O) groups excluding carboxylic acids is 2. The lowest BCUT2D eigenvalue weighted by Crippen LogP contribution is -2.36. The van der Waals surface area contributed by atoms with Crippen molar-refractivity contribution >= 4 is 11.8 Å². The van der Waals surface area contributed by atoms with Gasteiger partial charge >= 0.3 is 0 Å². The predicted octanol–water partition coefficient (Wildman–Crippen LogP) is 0.529. The van der Waals surface area contributed by atoms with Crippen molar-refractivity contribution in [3.05, 3.63) is 29.8 Å². The van der Waals surface area contributed by atoms with E-state index in [1.165, 1.54) is 4.90 Å². The first-order chi connectivity index (χ1) is 9.20. The smallest absolute Gasteiger partial charge is 0.233 e. The highest BCUT2D eigenvalue weighted by Gasteiger charge is 2.58. The molecule has 1 aliphatic heterocycles. The third-order valence-electron chi connectivity index (χ3n) is 3.67. The van der Waals surface area contributed by atoms with Gasteiger partial charge in [0.1, 0.15) is 12.4 Å². The third-order valence-corrected chi connectivity index (χ3v) is 3.67.